The van der Waals surface area contributed by atoms with Gasteiger partial charge in [0.1, 0.15) is 0 Å². The van der Waals surface area contributed by atoms with Crippen LogP contribution in [0, 0.1) is 5.92 Å². The van der Waals surface area contributed by atoms with Crippen molar-refractivity contribution in [2.45, 2.75) is 39.0 Å². The van der Waals surface area contributed by atoms with E-state index in [1.807, 2.05) is 0 Å². The number of hydrogen-bond donors (Lipinski definition) is 0. The van der Waals surface area contributed by atoms with Crippen LogP contribution in [0.4, 0.5) is 0 Å². The van der Waals surface area contributed by atoms with Crippen LogP contribution in [0.15, 0.2) is 18.2 Å². The molecular formula is C15H20BrNO. The van der Waals surface area contributed by atoms with Crippen molar-refractivity contribution in [1.82, 2.24) is 4.98 Å². The van der Waals surface area contributed by atoms with E-state index >= 15 is 0 Å². The Kier molecular flexibility index (Phi) is 4.44. The van der Waals surface area contributed by atoms with Crippen molar-refractivity contribution in [3.63, 3.8) is 0 Å². The van der Waals surface area contributed by atoms with Gasteiger partial charge in [0.25, 0.3) is 0 Å². The van der Waals surface area contributed by atoms with Crippen molar-refractivity contribution in [3.05, 3.63) is 29.5 Å². The normalized spacial score (nSPS) is 16.2. The third-order valence-corrected chi connectivity index (χ3v) is 3.84. The van der Waals surface area contributed by atoms with E-state index in [1.54, 1.807) is 7.11 Å². The summed E-state index contributed by atoms with van der Waals surface area (Å²) in [6.07, 6.45) is 5.77. The second-order valence-corrected chi connectivity index (χ2v) is 6.11. The van der Waals surface area contributed by atoms with E-state index in [-0.39, 0.29) is 0 Å². The van der Waals surface area contributed by atoms with E-state index in [1.165, 1.54) is 18.4 Å². The third kappa shape index (κ3) is 3.35. The zero-order chi connectivity index (χ0) is 13.1. The Morgan fingerprint density at radius 2 is 2.22 bits per heavy atom. The van der Waals surface area contributed by atoms with Crippen molar-refractivity contribution in [3.8, 4) is 5.88 Å². The summed E-state index contributed by atoms with van der Waals surface area (Å²) in [5.41, 5.74) is 2.21. The molecule has 0 aromatic carbocycles. The molecular weight excluding hydrogens is 290 g/mol. The van der Waals surface area contributed by atoms with Gasteiger partial charge in [-0.05, 0) is 53.1 Å². The molecule has 0 radical (unpaired) electrons. The summed E-state index contributed by atoms with van der Waals surface area (Å²) in [4.78, 5) is 4.59. The van der Waals surface area contributed by atoms with Gasteiger partial charge >= 0.3 is 0 Å². The molecule has 0 N–H and O–H groups in total. The lowest BCUT2D eigenvalue weighted by atomic mass is 10.1. The monoisotopic (exact) mass is 309 g/mol. The molecule has 0 unspecified atom stereocenters. The van der Waals surface area contributed by atoms with Crippen molar-refractivity contribution < 1.29 is 4.74 Å². The van der Waals surface area contributed by atoms with Crippen LogP contribution in [-0.4, -0.2) is 12.1 Å². The van der Waals surface area contributed by atoms with Gasteiger partial charge in [0.15, 0.2) is 0 Å². The van der Waals surface area contributed by atoms with Gasteiger partial charge in [0.05, 0.1) is 12.8 Å². The first-order valence-electron chi connectivity index (χ1n) is 6.52. The lowest BCUT2D eigenvalue weighted by Crippen LogP contribution is -1.96. The summed E-state index contributed by atoms with van der Waals surface area (Å²) >= 11 is 3.60. The topological polar surface area (TPSA) is 22.1 Å². The molecule has 1 aliphatic carbocycles. The Bertz CT molecular complexity index is 450. The second kappa shape index (κ2) is 5.87. The standard InChI is InChI=1S/C15H20BrNO/c1-10(2)4-8-13(16)14-9-7-12(11-5-6-11)15(17-14)18-3/h7-11H,4-6H2,1-3H3/b13-8-. The van der Waals surface area contributed by atoms with Crippen LogP contribution in [0.3, 0.4) is 0 Å². The first kappa shape index (κ1) is 13.6. The highest BCUT2D eigenvalue weighted by atomic mass is 79.9. The molecule has 1 aromatic rings. The van der Waals surface area contributed by atoms with Gasteiger partial charge < -0.3 is 4.74 Å². The van der Waals surface area contributed by atoms with Crippen LogP contribution in [0.2, 0.25) is 0 Å². The van der Waals surface area contributed by atoms with Crippen LogP contribution in [0.1, 0.15) is 50.3 Å². The number of aromatic nitrogens is 1. The average Bonchev–Trinajstić information content (AvgIpc) is 3.19. The van der Waals surface area contributed by atoms with E-state index in [2.05, 4.69) is 53.0 Å². The van der Waals surface area contributed by atoms with Gasteiger partial charge in [-0.2, -0.15) is 0 Å². The van der Waals surface area contributed by atoms with Crippen molar-refractivity contribution >= 4 is 20.4 Å². The molecule has 1 aliphatic rings. The molecule has 0 amide bonds. The lowest BCUT2D eigenvalue weighted by molar-refractivity contribution is 0.392. The van der Waals surface area contributed by atoms with Gasteiger partial charge in [0.2, 0.25) is 5.88 Å². The largest absolute Gasteiger partial charge is 0.481 e. The second-order valence-electron chi connectivity index (χ2n) is 5.25. The molecule has 0 bridgehead atoms. The zero-order valence-corrected chi connectivity index (χ0v) is 12.8. The van der Waals surface area contributed by atoms with E-state index in [4.69, 9.17) is 4.74 Å². The Hall–Kier alpha value is -0.830. The van der Waals surface area contributed by atoms with Crippen LogP contribution >= 0.6 is 15.9 Å². The summed E-state index contributed by atoms with van der Waals surface area (Å²) in [6, 6.07) is 4.24. The van der Waals surface area contributed by atoms with Crippen LogP contribution in [-0.2, 0) is 0 Å². The molecule has 1 heterocycles. The maximum Gasteiger partial charge on any atom is 0.217 e. The summed E-state index contributed by atoms with van der Waals surface area (Å²) in [7, 11) is 1.70. The quantitative estimate of drug-likeness (QED) is 0.783. The van der Waals surface area contributed by atoms with E-state index < -0.39 is 0 Å². The number of hydrogen-bond acceptors (Lipinski definition) is 2. The molecule has 98 valence electrons. The number of methoxy groups -OCH3 is 1. The van der Waals surface area contributed by atoms with Gasteiger partial charge in [-0.1, -0.05) is 26.0 Å². The fourth-order valence-corrected chi connectivity index (χ4v) is 2.30. The van der Waals surface area contributed by atoms with Crippen LogP contribution in [0.25, 0.3) is 4.48 Å². The molecule has 2 rings (SSSR count). The summed E-state index contributed by atoms with van der Waals surface area (Å²) in [6.45, 7) is 4.42. The highest BCUT2D eigenvalue weighted by Gasteiger charge is 2.27. The van der Waals surface area contributed by atoms with Crippen molar-refractivity contribution in [2.24, 2.45) is 5.92 Å². The summed E-state index contributed by atoms with van der Waals surface area (Å²) < 4.78 is 6.46. The molecule has 1 aromatic heterocycles. The third-order valence-electron chi connectivity index (χ3n) is 3.11. The number of halogens is 1. The van der Waals surface area contributed by atoms with E-state index in [0.29, 0.717) is 11.8 Å². The first-order chi connectivity index (χ1) is 8.61. The molecule has 3 heteroatoms. The number of allylic oxidation sites excluding steroid dienone is 1. The number of nitrogens with zero attached hydrogens (tertiary/aromatic N) is 1. The maximum absolute atomic E-state index is 5.40. The Morgan fingerprint density at radius 3 is 2.78 bits per heavy atom. The molecule has 0 atom stereocenters. The molecule has 1 fully saturated rings. The number of pyridine rings is 1. The maximum atomic E-state index is 5.40. The predicted octanol–water partition coefficient (Wildman–Crippen LogP) is 4.75. The molecule has 18 heavy (non-hydrogen) atoms. The fraction of sp³-hybridized carbons (Fsp3) is 0.533. The zero-order valence-electron chi connectivity index (χ0n) is 11.2. The number of rotatable bonds is 5. The van der Waals surface area contributed by atoms with Gasteiger partial charge in [-0.15, -0.1) is 0 Å². The smallest absolute Gasteiger partial charge is 0.217 e. The summed E-state index contributed by atoms with van der Waals surface area (Å²) in [5, 5.41) is 0. The lowest BCUT2D eigenvalue weighted by Gasteiger charge is -2.09. The van der Waals surface area contributed by atoms with Gasteiger partial charge in [0, 0.05) is 10.0 Å². The Labute approximate surface area is 118 Å². The molecule has 0 saturated heterocycles. The fourth-order valence-electron chi connectivity index (χ4n) is 1.90. The minimum Gasteiger partial charge on any atom is -0.481 e. The number of ether oxygens (including phenoxy) is 1. The minimum atomic E-state index is 0.658. The highest BCUT2D eigenvalue weighted by molar-refractivity contribution is 9.15. The van der Waals surface area contributed by atoms with E-state index in [0.717, 1.165) is 22.5 Å². The molecule has 2 nitrogen and oxygen atoms in total. The average molecular weight is 310 g/mol. The van der Waals surface area contributed by atoms with Crippen LogP contribution in [0.5, 0.6) is 5.88 Å². The van der Waals surface area contributed by atoms with Gasteiger partial charge in [-0.3, -0.25) is 0 Å². The van der Waals surface area contributed by atoms with Gasteiger partial charge in [-0.25, -0.2) is 4.98 Å². The first-order valence-corrected chi connectivity index (χ1v) is 7.32. The predicted molar refractivity (Wildman–Crippen MR) is 79.1 cm³/mol. The SMILES string of the molecule is COc1nc(/C(Br)=C/CC(C)C)ccc1C1CC1. The minimum absolute atomic E-state index is 0.658. The van der Waals surface area contributed by atoms with Crippen molar-refractivity contribution in [2.75, 3.05) is 7.11 Å². The summed E-state index contributed by atoms with van der Waals surface area (Å²) in [5.74, 6) is 2.11. The highest BCUT2D eigenvalue weighted by Crippen LogP contribution is 2.44. The Morgan fingerprint density at radius 1 is 1.50 bits per heavy atom. The van der Waals surface area contributed by atoms with Crippen LogP contribution < -0.4 is 4.74 Å². The van der Waals surface area contributed by atoms with E-state index in [9.17, 15) is 0 Å². The van der Waals surface area contributed by atoms with Crippen molar-refractivity contribution in [1.29, 1.82) is 0 Å². The Balaban J connectivity index is 2.21. The molecule has 0 aliphatic heterocycles. The molecule has 1 saturated carbocycles. The molecule has 0 spiro atoms.